The Hall–Kier alpha value is -0.860. The minimum Gasteiger partial charge on any atom is -0.377 e. The minimum absolute atomic E-state index is 0.292. The zero-order chi connectivity index (χ0) is 14.9. The van der Waals surface area contributed by atoms with Gasteiger partial charge in [-0.3, -0.25) is 0 Å². The Kier molecular flexibility index (Phi) is 4.37. The van der Waals surface area contributed by atoms with Crippen molar-refractivity contribution < 1.29 is 4.74 Å². The van der Waals surface area contributed by atoms with E-state index in [2.05, 4.69) is 50.4 Å². The van der Waals surface area contributed by atoms with Gasteiger partial charge in [0.25, 0.3) is 0 Å². The Morgan fingerprint density at radius 2 is 1.95 bits per heavy atom. The molecule has 1 N–H and O–H groups in total. The predicted octanol–water partition coefficient (Wildman–Crippen LogP) is 3.72. The quantitative estimate of drug-likeness (QED) is 0.861. The molecule has 2 aliphatic rings. The molecule has 0 spiro atoms. The molecule has 0 radical (unpaired) electrons. The highest BCUT2D eigenvalue weighted by Crippen LogP contribution is 2.49. The molecule has 1 saturated carbocycles. The Balaban J connectivity index is 1.79. The summed E-state index contributed by atoms with van der Waals surface area (Å²) < 4.78 is 6.18. The number of hydrogen-bond donors (Lipinski definition) is 1. The average molecular weight is 287 g/mol. The Labute approximate surface area is 129 Å². The van der Waals surface area contributed by atoms with Gasteiger partial charge in [0.1, 0.15) is 0 Å². The van der Waals surface area contributed by atoms with Crippen molar-refractivity contribution in [2.45, 2.75) is 58.6 Å². The third-order valence-corrected chi connectivity index (χ3v) is 5.09. The Morgan fingerprint density at radius 1 is 1.24 bits per heavy atom. The summed E-state index contributed by atoms with van der Waals surface area (Å²) in [6, 6.07) is 9.62. The summed E-state index contributed by atoms with van der Waals surface area (Å²) in [5, 5.41) is 3.69. The zero-order valence-electron chi connectivity index (χ0n) is 13.7. The SMILES string of the molecule is Cc1ccc(CC2(CNC(C)C)CCOC2C2CC2)cc1. The van der Waals surface area contributed by atoms with Gasteiger partial charge in [-0.15, -0.1) is 0 Å². The lowest BCUT2D eigenvalue weighted by atomic mass is 9.73. The Bertz CT molecular complexity index is 463. The molecule has 1 aliphatic carbocycles. The fourth-order valence-corrected chi connectivity index (χ4v) is 3.70. The standard InChI is InChI=1S/C19H29NO/c1-14(2)20-13-19(10-11-21-18(19)17-8-9-17)12-16-6-4-15(3)5-7-16/h4-7,14,17-18,20H,8-13H2,1-3H3. The smallest absolute Gasteiger partial charge is 0.0675 e. The Morgan fingerprint density at radius 3 is 2.57 bits per heavy atom. The van der Waals surface area contributed by atoms with Crippen LogP contribution in [0.2, 0.25) is 0 Å². The molecule has 0 aromatic heterocycles. The summed E-state index contributed by atoms with van der Waals surface area (Å²) in [4.78, 5) is 0. The first-order valence-electron chi connectivity index (χ1n) is 8.50. The second kappa shape index (κ2) is 6.10. The molecule has 2 fully saturated rings. The van der Waals surface area contributed by atoms with Gasteiger partial charge in [-0.05, 0) is 44.1 Å². The van der Waals surface area contributed by atoms with Crippen LogP contribution in [0, 0.1) is 18.3 Å². The zero-order valence-corrected chi connectivity index (χ0v) is 13.7. The molecular formula is C19H29NO. The molecular weight excluding hydrogens is 258 g/mol. The van der Waals surface area contributed by atoms with Crippen molar-refractivity contribution in [2.75, 3.05) is 13.2 Å². The van der Waals surface area contributed by atoms with Gasteiger partial charge in [0, 0.05) is 24.6 Å². The maximum Gasteiger partial charge on any atom is 0.0675 e. The molecule has 1 aliphatic heterocycles. The van der Waals surface area contributed by atoms with E-state index in [0.717, 1.165) is 25.5 Å². The fourth-order valence-electron chi connectivity index (χ4n) is 3.70. The number of aryl methyl sites for hydroxylation is 1. The van der Waals surface area contributed by atoms with Crippen LogP contribution in [0.15, 0.2) is 24.3 Å². The molecule has 1 aromatic carbocycles. The van der Waals surface area contributed by atoms with Crippen molar-refractivity contribution in [2.24, 2.45) is 11.3 Å². The molecule has 116 valence electrons. The number of rotatable bonds is 6. The van der Waals surface area contributed by atoms with Gasteiger partial charge in [-0.1, -0.05) is 43.7 Å². The monoisotopic (exact) mass is 287 g/mol. The van der Waals surface area contributed by atoms with Crippen molar-refractivity contribution in [3.8, 4) is 0 Å². The van der Waals surface area contributed by atoms with Crippen molar-refractivity contribution >= 4 is 0 Å². The van der Waals surface area contributed by atoms with E-state index in [4.69, 9.17) is 4.74 Å². The van der Waals surface area contributed by atoms with E-state index >= 15 is 0 Å². The molecule has 21 heavy (non-hydrogen) atoms. The highest BCUT2D eigenvalue weighted by atomic mass is 16.5. The molecule has 0 bridgehead atoms. The van der Waals surface area contributed by atoms with Crippen LogP contribution in [-0.4, -0.2) is 25.3 Å². The number of nitrogens with one attached hydrogen (secondary N) is 1. The van der Waals surface area contributed by atoms with Crippen molar-refractivity contribution in [1.29, 1.82) is 0 Å². The number of ether oxygens (including phenoxy) is 1. The lowest BCUT2D eigenvalue weighted by Gasteiger charge is -2.35. The van der Waals surface area contributed by atoms with E-state index in [-0.39, 0.29) is 0 Å². The van der Waals surface area contributed by atoms with E-state index in [0.29, 0.717) is 17.6 Å². The lowest BCUT2D eigenvalue weighted by molar-refractivity contribution is 0.0298. The van der Waals surface area contributed by atoms with Gasteiger partial charge in [0.2, 0.25) is 0 Å². The maximum atomic E-state index is 6.18. The maximum absolute atomic E-state index is 6.18. The van der Waals surface area contributed by atoms with Crippen LogP contribution in [0.4, 0.5) is 0 Å². The summed E-state index contributed by atoms with van der Waals surface area (Å²) in [7, 11) is 0. The first kappa shape index (κ1) is 15.1. The molecule has 1 heterocycles. The van der Waals surface area contributed by atoms with Crippen LogP contribution in [0.1, 0.15) is 44.2 Å². The van der Waals surface area contributed by atoms with Crippen LogP contribution in [0.5, 0.6) is 0 Å². The first-order valence-corrected chi connectivity index (χ1v) is 8.50. The number of benzene rings is 1. The molecule has 1 aromatic rings. The summed E-state index contributed by atoms with van der Waals surface area (Å²) in [5.41, 5.74) is 3.09. The van der Waals surface area contributed by atoms with Gasteiger partial charge >= 0.3 is 0 Å². The predicted molar refractivity (Wildman–Crippen MR) is 87.5 cm³/mol. The van der Waals surface area contributed by atoms with E-state index in [1.165, 1.54) is 30.4 Å². The fraction of sp³-hybridized carbons (Fsp3) is 0.684. The van der Waals surface area contributed by atoms with Gasteiger partial charge in [0.15, 0.2) is 0 Å². The molecule has 2 nitrogen and oxygen atoms in total. The van der Waals surface area contributed by atoms with Gasteiger partial charge in [0.05, 0.1) is 6.10 Å². The van der Waals surface area contributed by atoms with Crippen LogP contribution < -0.4 is 5.32 Å². The normalized spacial score (nSPS) is 29.2. The largest absolute Gasteiger partial charge is 0.377 e. The summed E-state index contributed by atoms with van der Waals surface area (Å²) >= 11 is 0. The van der Waals surface area contributed by atoms with Crippen LogP contribution >= 0.6 is 0 Å². The highest BCUT2D eigenvalue weighted by Gasteiger charge is 2.50. The summed E-state index contributed by atoms with van der Waals surface area (Å²) in [5.74, 6) is 0.812. The molecule has 3 rings (SSSR count). The first-order chi connectivity index (χ1) is 10.1. The minimum atomic E-state index is 0.292. The van der Waals surface area contributed by atoms with E-state index in [1.54, 1.807) is 0 Å². The third-order valence-electron chi connectivity index (χ3n) is 5.09. The topological polar surface area (TPSA) is 21.3 Å². The molecule has 0 amide bonds. The van der Waals surface area contributed by atoms with Gasteiger partial charge in [-0.2, -0.15) is 0 Å². The molecule has 2 atom stereocenters. The van der Waals surface area contributed by atoms with Crippen LogP contribution in [0.25, 0.3) is 0 Å². The van der Waals surface area contributed by atoms with Crippen LogP contribution in [0.3, 0.4) is 0 Å². The second-order valence-electron chi connectivity index (χ2n) is 7.44. The van der Waals surface area contributed by atoms with Gasteiger partial charge < -0.3 is 10.1 Å². The van der Waals surface area contributed by atoms with Gasteiger partial charge in [-0.25, -0.2) is 0 Å². The average Bonchev–Trinajstić information content (AvgIpc) is 3.21. The highest BCUT2D eigenvalue weighted by molar-refractivity contribution is 5.23. The summed E-state index contributed by atoms with van der Waals surface area (Å²) in [6.45, 7) is 8.65. The third kappa shape index (κ3) is 3.49. The second-order valence-corrected chi connectivity index (χ2v) is 7.44. The van der Waals surface area contributed by atoms with E-state index < -0.39 is 0 Å². The molecule has 2 heteroatoms. The van der Waals surface area contributed by atoms with E-state index in [9.17, 15) is 0 Å². The lowest BCUT2D eigenvalue weighted by Crippen LogP contribution is -2.45. The molecule has 2 unspecified atom stereocenters. The summed E-state index contributed by atoms with van der Waals surface area (Å²) in [6.07, 6.45) is 5.53. The van der Waals surface area contributed by atoms with E-state index in [1.807, 2.05) is 0 Å². The van der Waals surface area contributed by atoms with Crippen molar-refractivity contribution in [1.82, 2.24) is 5.32 Å². The number of hydrogen-bond acceptors (Lipinski definition) is 2. The van der Waals surface area contributed by atoms with Crippen LogP contribution in [-0.2, 0) is 11.2 Å². The van der Waals surface area contributed by atoms with Crippen molar-refractivity contribution in [3.63, 3.8) is 0 Å². The molecule has 1 saturated heterocycles. The van der Waals surface area contributed by atoms with Crippen molar-refractivity contribution in [3.05, 3.63) is 35.4 Å².